The molecule has 6 nitrogen and oxygen atoms in total. The number of pyridine rings is 1. The number of aromatic nitrogens is 1. The fourth-order valence-electron chi connectivity index (χ4n) is 6.52. The zero-order valence-electron chi connectivity index (χ0n) is 21.0. The van der Waals surface area contributed by atoms with Gasteiger partial charge in [-0.1, -0.05) is 18.2 Å². The third kappa shape index (κ3) is 4.97. The van der Waals surface area contributed by atoms with Gasteiger partial charge in [0, 0.05) is 50.2 Å². The maximum Gasteiger partial charge on any atom is 0.254 e. The first-order chi connectivity index (χ1) is 18.0. The summed E-state index contributed by atoms with van der Waals surface area (Å²) in [5, 5.41) is 5.21. The van der Waals surface area contributed by atoms with E-state index in [1.807, 2.05) is 17.0 Å². The summed E-state index contributed by atoms with van der Waals surface area (Å²) in [6, 6.07) is 13.8. The second-order valence-corrected chi connectivity index (χ2v) is 10.8. The van der Waals surface area contributed by atoms with E-state index in [0.717, 1.165) is 75.4 Å². The second kappa shape index (κ2) is 10.2. The summed E-state index contributed by atoms with van der Waals surface area (Å²) in [6.45, 7) is 2.36. The Morgan fingerprint density at radius 2 is 1.65 bits per heavy atom. The fourth-order valence-corrected chi connectivity index (χ4v) is 6.52. The lowest BCUT2D eigenvalue weighted by atomic mass is 9.95. The van der Waals surface area contributed by atoms with Crippen LogP contribution in [0, 0.1) is 5.82 Å². The Kier molecular flexibility index (Phi) is 6.63. The van der Waals surface area contributed by atoms with E-state index in [-0.39, 0.29) is 23.7 Å². The van der Waals surface area contributed by atoms with Gasteiger partial charge in [0.2, 0.25) is 0 Å². The Bertz CT molecular complexity index is 1310. The molecule has 7 heteroatoms. The Hall–Kier alpha value is -3.32. The highest BCUT2D eigenvalue weighted by atomic mass is 19.1. The van der Waals surface area contributed by atoms with Crippen molar-refractivity contribution in [1.82, 2.24) is 20.1 Å². The topological polar surface area (TPSA) is 65.5 Å². The largest absolute Gasteiger partial charge is 0.349 e. The summed E-state index contributed by atoms with van der Waals surface area (Å²) in [4.78, 5) is 35.0. The molecule has 3 atom stereocenters. The number of hydrogen-bond acceptors (Lipinski definition) is 4. The molecular formula is C30H33FN4O2. The summed E-state index contributed by atoms with van der Waals surface area (Å²) in [6.07, 6.45) is 10.3. The van der Waals surface area contributed by atoms with Crippen molar-refractivity contribution in [3.05, 3.63) is 77.4 Å². The first kappa shape index (κ1) is 24.0. The molecule has 3 aliphatic heterocycles. The number of piperidine rings is 2. The number of carbonyl (C=O) groups is 2. The number of halogens is 1. The lowest BCUT2D eigenvalue weighted by Gasteiger charge is -2.39. The Labute approximate surface area is 216 Å². The molecule has 1 aromatic heterocycles. The quantitative estimate of drug-likeness (QED) is 0.540. The smallest absolute Gasteiger partial charge is 0.254 e. The molecule has 3 aliphatic rings. The first-order valence-corrected chi connectivity index (χ1v) is 13.5. The Morgan fingerprint density at radius 3 is 2.43 bits per heavy atom. The molecule has 2 bridgehead atoms. The minimum absolute atomic E-state index is 0.0692. The maximum absolute atomic E-state index is 13.5. The Balaban J connectivity index is 1.12. The minimum atomic E-state index is -0.211. The van der Waals surface area contributed by atoms with Crippen LogP contribution in [-0.4, -0.2) is 57.8 Å². The number of nitrogens with one attached hydrogen (secondary N) is 1. The van der Waals surface area contributed by atoms with Gasteiger partial charge in [0.05, 0.1) is 11.1 Å². The van der Waals surface area contributed by atoms with Crippen LogP contribution in [0.2, 0.25) is 0 Å². The van der Waals surface area contributed by atoms with Crippen LogP contribution >= 0.6 is 0 Å². The predicted molar refractivity (Wildman–Crippen MR) is 141 cm³/mol. The van der Waals surface area contributed by atoms with E-state index in [1.54, 1.807) is 18.3 Å². The van der Waals surface area contributed by atoms with Crippen molar-refractivity contribution in [1.29, 1.82) is 0 Å². The highest BCUT2D eigenvalue weighted by Crippen LogP contribution is 2.37. The lowest BCUT2D eigenvalue weighted by molar-refractivity contribution is 0.0713. The number of rotatable bonds is 5. The van der Waals surface area contributed by atoms with Crippen molar-refractivity contribution in [2.24, 2.45) is 0 Å². The number of nitrogens with zero attached hydrogens (tertiary/aromatic N) is 3. The fraction of sp³-hybridized carbons (Fsp3) is 0.433. The molecular weight excluding hydrogens is 467 g/mol. The van der Waals surface area contributed by atoms with Gasteiger partial charge >= 0.3 is 0 Å². The molecule has 1 unspecified atom stereocenters. The van der Waals surface area contributed by atoms with Gasteiger partial charge in [0.15, 0.2) is 0 Å². The van der Waals surface area contributed by atoms with Gasteiger partial charge in [-0.25, -0.2) is 4.39 Å². The SMILES string of the molecule is O=C(NC1C[C@H]2CC[C@@H](C1)N2Cc1ccc2cc(F)ccc2c1)c1cnccc1C(=O)N1CCCCC1. The Morgan fingerprint density at radius 1 is 0.919 bits per heavy atom. The number of fused-ring (bicyclic) bond motifs is 3. The van der Waals surface area contributed by atoms with E-state index < -0.39 is 0 Å². The molecule has 3 aromatic rings. The van der Waals surface area contributed by atoms with Crippen molar-refractivity contribution in [2.75, 3.05) is 13.1 Å². The molecule has 2 aromatic carbocycles. The molecule has 3 fully saturated rings. The molecule has 0 saturated carbocycles. The molecule has 0 aliphatic carbocycles. The first-order valence-electron chi connectivity index (χ1n) is 13.5. The van der Waals surface area contributed by atoms with Crippen LogP contribution in [0.1, 0.15) is 71.2 Å². The summed E-state index contributed by atoms with van der Waals surface area (Å²) in [7, 11) is 0. The zero-order chi connectivity index (χ0) is 25.4. The number of carbonyl (C=O) groups excluding carboxylic acids is 2. The third-order valence-corrected chi connectivity index (χ3v) is 8.39. The van der Waals surface area contributed by atoms with Crippen LogP contribution in [-0.2, 0) is 6.54 Å². The van der Waals surface area contributed by atoms with Gasteiger partial charge in [-0.2, -0.15) is 0 Å². The standard InChI is InChI=1S/C30H33FN4O2/c31-23-7-6-21-14-20(4-5-22(21)15-23)19-35-25-8-9-26(35)17-24(16-25)33-29(36)28-18-32-11-10-27(28)30(37)34-12-2-1-3-13-34/h4-7,10-11,14-15,18,24-26H,1-3,8-9,12-13,16-17,19H2,(H,33,36)/t24?,25-,26+. The maximum atomic E-state index is 13.5. The van der Waals surface area contributed by atoms with Crippen LogP contribution < -0.4 is 5.32 Å². The molecule has 1 N–H and O–H groups in total. The monoisotopic (exact) mass is 500 g/mol. The van der Waals surface area contributed by atoms with Crippen molar-refractivity contribution in [3.8, 4) is 0 Å². The summed E-state index contributed by atoms with van der Waals surface area (Å²) in [5.41, 5.74) is 2.06. The van der Waals surface area contributed by atoms with Gasteiger partial charge in [-0.3, -0.25) is 19.5 Å². The highest BCUT2D eigenvalue weighted by Gasteiger charge is 2.41. The van der Waals surface area contributed by atoms with Crippen molar-refractivity contribution in [2.45, 2.75) is 69.6 Å². The van der Waals surface area contributed by atoms with Gasteiger partial charge in [0.25, 0.3) is 11.8 Å². The number of amides is 2. The van der Waals surface area contributed by atoms with Gasteiger partial charge in [-0.05, 0) is 85.5 Å². The van der Waals surface area contributed by atoms with Crippen molar-refractivity contribution < 1.29 is 14.0 Å². The summed E-state index contributed by atoms with van der Waals surface area (Å²) in [5.74, 6) is -0.481. The lowest BCUT2D eigenvalue weighted by Crippen LogP contribution is -2.50. The molecule has 2 amide bonds. The summed E-state index contributed by atoms with van der Waals surface area (Å²) >= 11 is 0. The second-order valence-electron chi connectivity index (χ2n) is 10.8. The average Bonchev–Trinajstić information content (AvgIpc) is 3.15. The number of benzene rings is 2. The summed E-state index contributed by atoms with van der Waals surface area (Å²) < 4.78 is 13.5. The molecule has 6 rings (SSSR count). The molecule has 37 heavy (non-hydrogen) atoms. The van der Waals surface area contributed by atoms with E-state index in [9.17, 15) is 14.0 Å². The molecule has 4 heterocycles. The number of hydrogen-bond donors (Lipinski definition) is 1. The van der Waals surface area contributed by atoms with E-state index in [4.69, 9.17) is 0 Å². The molecule has 192 valence electrons. The van der Waals surface area contributed by atoms with Gasteiger partial charge < -0.3 is 10.2 Å². The van der Waals surface area contributed by atoms with Crippen LogP contribution in [0.4, 0.5) is 4.39 Å². The third-order valence-electron chi connectivity index (χ3n) is 8.39. The average molecular weight is 501 g/mol. The minimum Gasteiger partial charge on any atom is -0.349 e. The molecule has 0 spiro atoms. The normalized spacial score (nSPS) is 23.8. The molecule has 0 radical (unpaired) electrons. The van der Waals surface area contributed by atoms with Crippen LogP contribution in [0.25, 0.3) is 10.8 Å². The van der Waals surface area contributed by atoms with Gasteiger partial charge in [-0.15, -0.1) is 0 Å². The number of likely N-dealkylation sites (tertiary alicyclic amines) is 1. The van der Waals surface area contributed by atoms with Crippen molar-refractivity contribution >= 4 is 22.6 Å². The molecule has 3 saturated heterocycles. The highest BCUT2D eigenvalue weighted by molar-refractivity contribution is 6.07. The van der Waals surface area contributed by atoms with E-state index in [0.29, 0.717) is 23.2 Å². The predicted octanol–water partition coefficient (Wildman–Crippen LogP) is 4.93. The van der Waals surface area contributed by atoms with Gasteiger partial charge in [0.1, 0.15) is 5.82 Å². The van der Waals surface area contributed by atoms with Crippen molar-refractivity contribution in [3.63, 3.8) is 0 Å². The van der Waals surface area contributed by atoms with Crippen LogP contribution in [0.15, 0.2) is 54.9 Å². The van der Waals surface area contributed by atoms with Crippen LogP contribution in [0.5, 0.6) is 0 Å². The van der Waals surface area contributed by atoms with E-state index >= 15 is 0 Å². The van der Waals surface area contributed by atoms with Crippen LogP contribution in [0.3, 0.4) is 0 Å². The van der Waals surface area contributed by atoms with E-state index in [1.165, 1.54) is 17.8 Å². The van der Waals surface area contributed by atoms with E-state index in [2.05, 4.69) is 27.3 Å². The zero-order valence-corrected chi connectivity index (χ0v) is 21.0.